The van der Waals surface area contributed by atoms with Gasteiger partial charge in [0.2, 0.25) is 0 Å². The molecule has 1 aromatic rings. The van der Waals surface area contributed by atoms with Crippen LogP contribution in [0.5, 0.6) is 0 Å². The van der Waals surface area contributed by atoms with E-state index < -0.39 is 42.2 Å². The van der Waals surface area contributed by atoms with E-state index in [1.807, 2.05) is 25.2 Å². The van der Waals surface area contributed by atoms with Crippen LogP contribution >= 0.6 is 0 Å². The Morgan fingerprint density at radius 3 is 2.66 bits per heavy atom. The molecule has 0 amide bonds. The van der Waals surface area contributed by atoms with Crippen LogP contribution in [0.3, 0.4) is 0 Å². The van der Waals surface area contributed by atoms with Crippen LogP contribution in [0, 0.1) is 17.6 Å². The first-order valence-electron chi connectivity index (χ1n) is 11.7. The lowest BCUT2D eigenvalue weighted by Gasteiger charge is -2.45. The van der Waals surface area contributed by atoms with Gasteiger partial charge in [0.25, 0.3) is 6.43 Å². The molecule has 9 heteroatoms. The molecule has 1 saturated heterocycles. The van der Waals surface area contributed by atoms with E-state index in [1.54, 1.807) is 0 Å². The van der Waals surface area contributed by atoms with E-state index in [1.165, 1.54) is 4.90 Å². The molecule has 0 spiro atoms. The summed E-state index contributed by atoms with van der Waals surface area (Å²) in [6, 6.07) is -0.835. The highest BCUT2D eigenvalue weighted by molar-refractivity contribution is 5.85. The molecular weight excluding hydrogens is 464 g/mol. The highest BCUT2D eigenvalue weighted by Crippen LogP contribution is 2.50. The SMILES string of the molecule is CC1C=CC=C2C3=C(NC21)C(c1c(F)cc(/C=C/C(=O)O)cc1F)N(C1CCOC1)C(C(F)F)C3. The summed E-state index contributed by atoms with van der Waals surface area (Å²) in [5.74, 6) is -3.00. The second-order valence-electron chi connectivity index (χ2n) is 9.42. The van der Waals surface area contributed by atoms with Gasteiger partial charge in [0.15, 0.2) is 0 Å². The quantitative estimate of drug-likeness (QED) is 0.467. The zero-order chi connectivity index (χ0) is 24.9. The molecule has 2 N–H and O–H groups in total. The minimum absolute atomic E-state index is 0.0332. The number of carbonyl (C=O) groups is 1. The molecule has 1 aromatic carbocycles. The van der Waals surface area contributed by atoms with E-state index in [-0.39, 0.29) is 36.1 Å². The molecule has 5 nitrogen and oxygen atoms in total. The van der Waals surface area contributed by atoms with Crippen molar-refractivity contribution in [3.05, 3.63) is 76.0 Å². The Labute approximate surface area is 200 Å². The zero-order valence-corrected chi connectivity index (χ0v) is 19.1. The van der Waals surface area contributed by atoms with Gasteiger partial charge in [0.1, 0.15) is 11.6 Å². The highest BCUT2D eigenvalue weighted by atomic mass is 19.3. The van der Waals surface area contributed by atoms with Crippen LogP contribution in [0.4, 0.5) is 17.6 Å². The Kier molecular flexibility index (Phi) is 6.31. The number of hydrogen-bond acceptors (Lipinski definition) is 4. The van der Waals surface area contributed by atoms with Gasteiger partial charge >= 0.3 is 5.97 Å². The number of allylic oxidation sites excluding steroid dienone is 2. The third-order valence-electron chi connectivity index (χ3n) is 7.32. The third-order valence-corrected chi connectivity index (χ3v) is 7.32. The van der Waals surface area contributed by atoms with Crippen molar-refractivity contribution in [2.75, 3.05) is 13.2 Å². The maximum atomic E-state index is 15.6. The Balaban J connectivity index is 1.67. The van der Waals surface area contributed by atoms with Crippen LogP contribution in [-0.4, -0.2) is 53.7 Å². The summed E-state index contributed by atoms with van der Waals surface area (Å²) in [5, 5.41) is 12.3. The van der Waals surface area contributed by atoms with E-state index in [0.29, 0.717) is 24.3 Å². The maximum absolute atomic E-state index is 15.6. The number of hydrogen-bond donors (Lipinski definition) is 2. The number of halogens is 4. The normalized spacial score (nSPS) is 30.6. The van der Waals surface area contributed by atoms with Gasteiger partial charge in [0.05, 0.1) is 24.7 Å². The lowest BCUT2D eigenvalue weighted by atomic mass is 9.82. The highest BCUT2D eigenvalue weighted by Gasteiger charge is 2.50. The summed E-state index contributed by atoms with van der Waals surface area (Å²) in [6.07, 6.45) is 5.49. The van der Waals surface area contributed by atoms with Gasteiger partial charge in [-0.1, -0.05) is 25.2 Å². The van der Waals surface area contributed by atoms with Crippen molar-refractivity contribution in [1.29, 1.82) is 0 Å². The second kappa shape index (κ2) is 9.28. The minimum Gasteiger partial charge on any atom is -0.478 e. The van der Waals surface area contributed by atoms with Crippen molar-refractivity contribution in [3.8, 4) is 0 Å². The fourth-order valence-corrected chi connectivity index (χ4v) is 5.75. The van der Waals surface area contributed by atoms with Crippen molar-refractivity contribution >= 4 is 12.0 Å². The fraction of sp³-hybridized carbons (Fsp3) is 0.423. The number of nitrogens with zero attached hydrogens (tertiary/aromatic N) is 1. The number of carboxylic acid groups (broad SMARTS) is 1. The summed E-state index contributed by atoms with van der Waals surface area (Å²) in [4.78, 5) is 12.4. The number of ether oxygens (including phenoxy) is 1. The van der Waals surface area contributed by atoms with Gasteiger partial charge in [-0.3, -0.25) is 4.90 Å². The van der Waals surface area contributed by atoms with Gasteiger partial charge in [-0.25, -0.2) is 22.4 Å². The fourth-order valence-electron chi connectivity index (χ4n) is 5.75. The molecule has 186 valence electrons. The predicted molar refractivity (Wildman–Crippen MR) is 122 cm³/mol. The number of aliphatic carboxylic acids is 1. The Hall–Kier alpha value is -2.91. The molecule has 3 aliphatic heterocycles. The molecule has 1 fully saturated rings. The summed E-state index contributed by atoms with van der Waals surface area (Å²) in [5.41, 5.74) is 1.83. The molecule has 0 saturated carbocycles. The molecule has 0 bridgehead atoms. The number of carboxylic acids is 1. The molecule has 5 atom stereocenters. The monoisotopic (exact) mass is 490 g/mol. The molecule has 4 aliphatic rings. The molecule has 0 aromatic heterocycles. The average molecular weight is 490 g/mol. The first-order valence-corrected chi connectivity index (χ1v) is 11.7. The second-order valence-corrected chi connectivity index (χ2v) is 9.42. The summed E-state index contributed by atoms with van der Waals surface area (Å²) < 4.78 is 65.6. The lowest BCUT2D eigenvalue weighted by molar-refractivity contribution is -0.131. The molecule has 0 radical (unpaired) electrons. The van der Waals surface area contributed by atoms with Crippen LogP contribution in [0.15, 0.2) is 53.3 Å². The number of fused-ring (bicyclic) bond motifs is 2. The average Bonchev–Trinajstić information content (AvgIpc) is 3.45. The van der Waals surface area contributed by atoms with E-state index in [9.17, 15) is 13.6 Å². The van der Waals surface area contributed by atoms with E-state index in [4.69, 9.17) is 9.84 Å². The zero-order valence-electron chi connectivity index (χ0n) is 19.1. The smallest absolute Gasteiger partial charge is 0.328 e. The van der Waals surface area contributed by atoms with Crippen LogP contribution < -0.4 is 5.32 Å². The summed E-state index contributed by atoms with van der Waals surface area (Å²) in [7, 11) is 0. The van der Waals surface area contributed by atoms with Crippen LogP contribution in [0.1, 0.15) is 36.9 Å². The molecule has 5 rings (SSSR count). The van der Waals surface area contributed by atoms with E-state index >= 15 is 8.78 Å². The van der Waals surface area contributed by atoms with Crippen molar-refractivity contribution in [2.24, 2.45) is 5.92 Å². The maximum Gasteiger partial charge on any atom is 0.328 e. The number of nitrogens with one attached hydrogen (secondary N) is 1. The Morgan fingerprint density at radius 1 is 1.29 bits per heavy atom. The van der Waals surface area contributed by atoms with Crippen LogP contribution in [0.2, 0.25) is 0 Å². The van der Waals surface area contributed by atoms with Crippen molar-refractivity contribution < 1.29 is 32.2 Å². The third kappa shape index (κ3) is 4.21. The molecule has 5 unspecified atom stereocenters. The van der Waals surface area contributed by atoms with Crippen LogP contribution in [-0.2, 0) is 9.53 Å². The molecular formula is C26H26F4N2O3. The predicted octanol–water partition coefficient (Wildman–Crippen LogP) is 4.59. The van der Waals surface area contributed by atoms with Crippen molar-refractivity contribution in [2.45, 2.75) is 50.4 Å². The van der Waals surface area contributed by atoms with E-state index in [2.05, 4.69) is 5.32 Å². The first-order chi connectivity index (χ1) is 16.8. The largest absolute Gasteiger partial charge is 0.478 e. The first kappa shape index (κ1) is 23.8. The Bertz CT molecular complexity index is 1130. The van der Waals surface area contributed by atoms with Gasteiger partial charge < -0.3 is 15.2 Å². The molecule has 1 aliphatic carbocycles. The van der Waals surface area contributed by atoms with Crippen molar-refractivity contribution in [1.82, 2.24) is 10.2 Å². The van der Waals surface area contributed by atoms with Gasteiger partial charge in [-0.2, -0.15) is 0 Å². The molecule has 35 heavy (non-hydrogen) atoms. The number of benzene rings is 1. The number of rotatable bonds is 5. The standard InChI is InChI=1S/C26H26F4N2O3/c1-13-3-2-4-16-17-11-20(26(29)30)32(15-7-8-35-12-15)25(24(17)31-23(13)16)22-18(27)9-14(10-19(22)28)5-6-21(33)34/h2-6,9-10,13,15,20,23,25-26,31H,7-8,11-12H2,1H3,(H,33,34)/b6-5+. The topological polar surface area (TPSA) is 61.8 Å². The van der Waals surface area contributed by atoms with Gasteiger partial charge in [-0.05, 0) is 53.7 Å². The van der Waals surface area contributed by atoms with Gasteiger partial charge in [-0.15, -0.1) is 0 Å². The number of alkyl halides is 2. The molecule has 3 heterocycles. The summed E-state index contributed by atoms with van der Waals surface area (Å²) in [6.45, 7) is 2.60. The van der Waals surface area contributed by atoms with Gasteiger partial charge in [0, 0.05) is 30.0 Å². The Morgan fingerprint density at radius 2 is 2.03 bits per heavy atom. The lowest BCUT2D eigenvalue weighted by Crippen LogP contribution is -2.53. The van der Waals surface area contributed by atoms with Crippen LogP contribution in [0.25, 0.3) is 6.08 Å². The van der Waals surface area contributed by atoms with Crippen molar-refractivity contribution in [3.63, 3.8) is 0 Å². The minimum atomic E-state index is -2.73. The summed E-state index contributed by atoms with van der Waals surface area (Å²) >= 11 is 0. The van der Waals surface area contributed by atoms with E-state index in [0.717, 1.165) is 29.9 Å².